The predicted octanol–water partition coefficient (Wildman–Crippen LogP) is 5.05. The number of carboxylic acid groups (broad SMARTS) is 1. The highest BCUT2D eigenvalue weighted by Crippen LogP contribution is 2.30. The Morgan fingerprint density at radius 2 is 1.86 bits per heavy atom. The highest BCUT2D eigenvalue weighted by atomic mass is 35.5. The molecule has 0 saturated heterocycles. The van der Waals surface area contributed by atoms with Crippen LogP contribution in [0.4, 0.5) is 0 Å². The van der Waals surface area contributed by atoms with Gasteiger partial charge in [0.15, 0.2) is 0 Å². The number of nitrogens with zero attached hydrogens (tertiary/aromatic N) is 1. The largest absolute Gasteiger partial charge is 0.489 e. The van der Waals surface area contributed by atoms with Gasteiger partial charge in [0, 0.05) is 41.9 Å². The average molecular weight is 513 g/mol. The van der Waals surface area contributed by atoms with Gasteiger partial charge in [0.2, 0.25) is 11.8 Å². The van der Waals surface area contributed by atoms with Gasteiger partial charge in [-0.25, -0.2) is 4.98 Å². The molecule has 3 rings (SSSR count). The quantitative estimate of drug-likeness (QED) is 0.309. The first-order valence-electron chi connectivity index (χ1n) is 11.5. The zero-order valence-corrected chi connectivity index (χ0v) is 21.0. The molecule has 0 aliphatic heterocycles. The van der Waals surface area contributed by atoms with Crippen LogP contribution < -0.4 is 14.8 Å². The molecule has 1 aromatic heterocycles. The van der Waals surface area contributed by atoms with Crippen LogP contribution in [0, 0.1) is 0 Å². The number of ether oxygens (including phenoxy) is 3. The fraction of sp³-hybridized carbons (Fsp3) is 0.296. The van der Waals surface area contributed by atoms with Crippen molar-refractivity contribution in [2.45, 2.75) is 33.0 Å². The highest BCUT2D eigenvalue weighted by molar-refractivity contribution is 6.33. The number of carbonyl (C=O) groups is 2. The molecule has 36 heavy (non-hydrogen) atoms. The van der Waals surface area contributed by atoms with E-state index in [0.29, 0.717) is 43.0 Å². The number of nitrogens with one attached hydrogen (secondary N) is 1. The zero-order chi connectivity index (χ0) is 25.9. The van der Waals surface area contributed by atoms with E-state index in [9.17, 15) is 9.59 Å². The lowest BCUT2D eigenvalue weighted by Crippen LogP contribution is -2.25. The minimum Gasteiger partial charge on any atom is -0.489 e. The van der Waals surface area contributed by atoms with Crippen molar-refractivity contribution in [1.29, 1.82) is 0 Å². The number of aliphatic carboxylic acids is 1. The number of amides is 1. The lowest BCUT2D eigenvalue weighted by molar-refractivity contribution is -0.140. The number of rotatable bonds is 13. The molecule has 3 aromatic rings. The molecule has 2 aromatic carbocycles. The first kappa shape index (κ1) is 27.0. The van der Waals surface area contributed by atoms with E-state index in [4.69, 9.17) is 30.9 Å². The van der Waals surface area contributed by atoms with Gasteiger partial charge in [0.05, 0.1) is 19.1 Å². The maximum atomic E-state index is 11.1. The first-order valence-corrected chi connectivity index (χ1v) is 11.9. The van der Waals surface area contributed by atoms with Gasteiger partial charge in [-0.15, -0.1) is 0 Å². The van der Waals surface area contributed by atoms with Crippen molar-refractivity contribution >= 4 is 23.5 Å². The van der Waals surface area contributed by atoms with Crippen LogP contribution in [0.3, 0.4) is 0 Å². The summed E-state index contributed by atoms with van der Waals surface area (Å²) in [6, 6.07) is 16.5. The van der Waals surface area contributed by atoms with Crippen molar-refractivity contribution in [2.75, 3.05) is 19.8 Å². The number of halogens is 1. The van der Waals surface area contributed by atoms with Crippen molar-refractivity contribution < 1.29 is 28.9 Å². The van der Waals surface area contributed by atoms with Gasteiger partial charge < -0.3 is 24.6 Å². The van der Waals surface area contributed by atoms with Crippen molar-refractivity contribution in [1.82, 2.24) is 10.3 Å². The molecule has 0 unspecified atom stereocenters. The van der Waals surface area contributed by atoms with E-state index in [0.717, 1.165) is 22.3 Å². The molecular weight excluding hydrogens is 484 g/mol. The van der Waals surface area contributed by atoms with Crippen LogP contribution in [-0.2, 0) is 20.9 Å². The van der Waals surface area contributed by atoms with Gasteiger partial charge in [-0.1, -0.05) is 29.8 Å². The third-order valence-corrected chi connectivity index (χ3v) is 5.52. The molecule has 1 amide bonds. The molecule has 8 nitrogen and oxygen atoms in total. The number of carbonyl (C=O) groups excluding carboxylic acids is 1. The van der Waals surface area contributed by atoms with Crippen molar-refractivity contribution in [3.05, 3.63) is 76.9 Å². The molecule has 0 bridgehead atoms. The Morgan fingerprint density at radius 3 is 2.50 bits per heavy atom. The van der Waals surface area contributed by atoms with Crippen molar-refractivity contribution in [3.8, 4) is 22.8 Å². The molecule has 0 saturated carbocycles. The van der Waals surface area contributed by atoms with E-state index in [1.807, 2.05) is 43.3 Å². The summed E-state index contributed by atoms with van der Waals surface area (Å²) in [5, 5.41) is 12.3. The van der Waals surface area contributed by atoms with E-state index in [1.165, 1.54) is 6.92 Å². The minimum atomic E-state index is -0.911. The molecule has 0 radical (unpaired) electrons. The Bertz CT molecular complexity index is 1150. The van der Waals surface area contributed by atoms with Gasteiger partial charge in [-0.2, -0.15) is 0 Å². The summed E-state index contributed by atoms with van der Waals surface area (Å²) in [6.45, 7) is 4.78. The number of hydrogen-bond acceptors (Lipinski definition) is 6. The summed E-state index contributed by atoms with van der Waals surface area (Å²) in [5.74, 6) is 0.0939. The van der Waals surface area contributed by atoms with Crippen LogP contribution in [0.2, 0.25) is 5.02 Å². The SMILES string of the molecule is CCO[C@@H](CC(=O)O)c1ccc(OCc2ccc(Cl)c(-c3ccc(OCCNC(C)=O)nc3)c2)cc1. The van der Waals surface area contributed by atoms with Crippen LogP contribution in [-0.4, -0.2) is 41.7 Å². The molecule has 0 spiro atoms. The van der Waals surface area contributed by atoms with E-state index in [1.54, 1.807) is 24.4 Å². The number of aromatic nitrogens is 1. The van der Waals surface area contributed by atoms with Crippen molar-refractivity contribution in [3.63, 3.8) is 0 Å². The van der Waals surface area contributed by atoms with Crippen LogP contribution in [0.25, 0.3) is 11.1 Å². The summed E-state index contributed by atoms with van der Waals surface area (Å²) in [7, 11) is 0. The third kappa shape index (κ3) is 8.25. The highest BCUT2D eigenvalue weighted by Gasteiger charge is 2.16. The molecular formula is C27H29ClN2O6. The molecule has 1 heterocycles. The molecule has 190 valence electrons. The van der Waals surface area contributed by atoms with Crippen LogP contribution in [0.15, 0.2) is 60.8 Å². The summed E-state index contributed by atoms with van der Waals surface area (Å²) in [4.78, 5) is 26.3. The maximum absolute atomic E-state index is 11.1. The second kappa shape index (κ2) is 13.5. The molecule has 2 N–H and O–H groups in total. The van der Waals surface area contributed by atoms with Crippen LogP contribution in [0.1, 0.15) is 37.5 Å². The summed E-state index contributed by atoms with van der Waals surface area (Å²) < 4.78 is 17.0. The maximum Gasteiger partial charge on any atom is 0.306 e. The van der Waals surface area contributed by atoms with E-state index < -0.39 is 12.1 Å². The second-order valence-corrected chi connectivity index (χ2v) is 8.34. The average Bonchev–Trinajstić information content (AvgIpc) is 2.86. The molecule has 1 atom stereocenters. The normalized spacial score (nSPS) is 11.5. The topological polar surface area (TPSA) is 107 Å². The number of carboxylic acids is 1. The Balaban J connectivity index is 1.61. The van der Waals surface area contributed by atoms with E-state index in [2.05, 4.69) is 10.3 Å². The second-order valence-electron chi connectivity index (χ2n) is 7.93. The summed E-state index contributed by atoms with van der Waals surface area (Å²) in [5.41, 5.74) is 3.36. The fourth-order valence-electron chi connectivity index (χ4n) is 3.47. The number of benzene rings is 2. The smallest absolute Gasteiger partial charge is 0.306 e. The van der Waals surface area contributed by atoms with E-state index >= 15 is 0 Å². The summed E-state index contributed by atoms with van der Waals surface area (Å²) in [6.07, 6.45) is 1.09. The van der Waals surface area contributed by atoms with Crippen LogP contribution in [0.5, 0.6) is 11.6 Å². The zero-order valence-electron chi connectivity index (χ0n) is 20.2. The number of pyridine rings is 1. The monoisotopic (exact) mass is 512 g/mol. The van der Waals surface area contributed by atoms with Gasteiger partial charge in [-0.3, -0.25) is 9.59 Å². The van der Waals surface area contributed by atoms with Gasteiger partial charge in [-0.05, 0) is 48.4 Å². The fourth-order valence-corrected chi connectivity index (χ4v) is 3.70. The van der Waals surface area contributed by atoms with Gasteiger partial charge in [0.25, 0.3) is 0 Å². The Labute approximate surface area is 215 Å². The lowest BCUT2D eigenvalue weighted by Gasteiger charge is -2.16. The Kier molecular flexibility index (Phi) is 10.1. The van der Waals surface area contributed by atoms with Crippen LogP contribution >= 0.6 is 11.6 Å². The summed E-state index contributed by atoms with van der Waals surface area (Å²) >= 11 is 6.43. The molecule has 0 aliphatic rings. The third-order valence-electron chi connectivity index (χ3n) is 5.19. The first-order chi connectivity index (χ1) is 17.4. The lowest BCUT2D eigenvalue weighted by atomic mass is 10.0. The number of hydrogen-bond donors (Lipinski definition) is 2. The Hall–Kier alpha value is -3.62. The molecule has 0 aliphatic carbocycles. The molecule has 0 fully saturated rings. The standard InChI is InChI=1S/C27H29ClN2O6/c1-3-34-25(15-27(32)33)20-5-8-22(9-6-20)36-17-19-4-10-24(28)23(14-19)21-7-11-26(30-16-21)35-13-12-29-18(2)31/h4-11,14,16,25H,3,12-13,15,17H2,1-2H3,(H,29,31)(H,32,33)/t25-/m0/s1. The van der Waals surface area contributed by atoms with E-state index in [-0.39, 0.29) is 12.3 Å². The Morgan fingerprint density at radius 1 is 1.08 bits per heavy atom. The van der Waals surface area contributed by atoms with Gasteiger partial charge >= 0.3 is 5.97 Å². The van der Waals surface area contributed by atoms with Gasteiger partial charge in [0.1, 0.15) is 19.0 Å². The van der Waals surface area contributed by atoms with Crippen molar-refractivity contribution in [2.24, 2.45) is 0 Å². The minimum absolute atomic E-state index is 0.0966. The predicted molar refractivity (Wildman–Crippen MR) is 136 cm³/mol. The molecule has 9 heteroatoms.